The number of halogens is 1. The molecule has 4 heteroatoms. The molecule has 0 aromatic heterocycles. The highest BCUT2D eigenvalue weighted by molar-refractivity contribution is 5.58. The van der Waals surface area contributed by atoms with Crippen molar-refractivity contribution in [3.63, 3.8) is 0 Å². The summed E-state index contributed by atoms with van der Waals surface area (Å²) >= 11 is 0. The molecule has 0 aromatic carbocycles. The fourth-order valence-electron chi connectivity index (χ4n) is 4.50. The van der Waals surface area contributed by atoms with Crippen LogP contribution in [0, 0.1) is 35.0 Å². The second-order valence-electron chi connectivity index (χ2n) is 7.85. The molecule has 1 aliphatic carbocycles. The van der Waals surface area contributed by atoms with Crippen LogP contribution in [0.25, 0.3) is 0 Å². The Kier molecular flexibility index (Phi) is 8.70. The molecule has 23 heavy (non-hydrogen) atoms. The molecule has 8 atom stereocenters. The molecule has 0 aliphatic heterocycles. The van der Waals surface area contributed by atoms with Crippen molar-refractivity contribution in [1.82, 2.24) is 5.32 Å². The predicted octanol–water partition coefficient (Wildman–Crippen LogP) is 4.36. The van der Waals surface area contributed by atoms with Gasteiger partial charge in [-0.25, -0.2) is 4.39 Å². The molecule has 1 fully saturated rings. The minimum absolute atomic E-state index is 0.0345. The summed E-state index contributed by atoms with van der Waals surface area (Å²) in [5, 5.41) is 11.4. The van der Waals surface area contributed by atoms with Gasteiger partial charge in [0.1, 0.15) is 6.17 Å². The monoisotopic (exact) mass is 327 g/mol. The zero-order valence-corrected chi connectivity index (χ0v) is 15.7. The summed E-state index contributed by atoms with van der Waals surface area (Å²) in [6.07, 6.45) is 5.11. The fourth-order valence-corrected chi connectivity index (χ4v) is 4.50. The molecule has 136 valence electrons. The lowest BCUT2D eigenvalue weighted by molar-refractivity contribution is 0.0587. The molecule has 0 heterocycles. The minimum atomic E-state index is -0.696. The van der Waals surface area contributed by atoms with E-state index in [0.717, 1.165) is 19.3 Å². The molecule has 0 aromatic rings. The molecule has 4 N–H and O–H groups in total. The minimum Gasteiger partial charge on any atom is -0.316 e. The molecule has 0 amide bonds. The van der Waals surface area contributed by atoms with Gasteiger partial charge in [0.15, 0.2) is 0 Å². The van der Waals surface area contributed by atoms with Gasteiger partial charge < -0.3 is 11.1 Å². The first kappa shape index (κ1) is 20.6. The summed E-state index contributed by atoms with van der Waals surface area (Å²) in [5.41, 5.74) is 5.92. The zero-order chi connectivity index (χ0) is 17.6. The smallest absolute Gasteiger partial charge is 0.100 e. The molecule has 0 radical (unpaired) electrons. The van der Waals surface area contributed by atoms with Crippen LogP contribution in [0.1, 0.15) is 66.7 Å². The van der Waals surface area contributed by atoms with Crippen molar-refractivity contribution >= 4 is 6.21 Å². The van der Waals surface area contributed by atoms with Crippen LogP contribution in [0.4, 0.5) is 4.39 Å². The Hall–Kier alpha value is -0.480. The second-order valence-corrected chi connectivity index (χ2v) is 7.85. The van der Waals surface area contributed by atoms with E-state index in [1.54, 1.807) is 6.21 Å². The summed E-state index contributed by atoms with van der Waals surface area (Å²) in [7, 11) is 0. The Morgan fingerprint density at radius 3 is 2.48 bits per heavy atom. The molecule has 8 unspecified atom stereocenters. The van der Waals surface area contributed by atoms with Crippen molar-refractivity contribution in [2.75, 3.05) is 0 Å². The summed E-state index contributed by atoms with van der Waals surface area (Å²) in [4.78, 5) is 0. The average molecular weight is 328 g/mol. The molecular formula is C19H38FN3. The van der Waals surface area contributed by atoms with E-state index in [1.807, 2.05) is 13.8 Å². The van der Waals surface area contributed by atoms with E-state index in [-0.39, 0.29) is 12.1 Å². The topological polar surface area (TPSA) is 61.9 Å². The molecule has 0 saturated heterocycles. The predicted molar refractivity (Wildman–Crippen MR) is 97.5 cm³/mol. The summed E-state index contributed by atoms with van der Waals surface area (Å²) in [6, 6.07) is 0.307. The second kappa shape index (κ2) is 9.73. The molecule has 1 rings (SSSR count). The van der Waals surface area contributed by atoms with Crippen molar-refractivity contribution in [2.24, 2.45) is 35.3 Å². The van der Waals surface area contributed by atoms with E-state index in [0.29, 0.717) is 42.6 Å². The van der Waals surface area contributed by atoms with Gasteiger partial charge in [-0.1, -0.05) is 27.2 Å². The lowest BCUT2D eigenvalue weighted by atomic mass is 9.60. The van der Waals surface area contributed by atoms with Crippen molar-refractivity contribution in [1.29, 1.82) is 5.41 Å². The van der Waals surface area contributed by atoms with E-state index < -0.39 is 6.17 Å². The van der Waals surface area contributed by atoms with Crippen LogP contribution >= 0.6 is 0 Å². The van der Waals surface area contributed by atoms with Gasteiger partial charge >= 0.3 is 0 Å². The van der Waals surface area contributed by atoms with E-state index in [2.05, 4.69) is 26.1 Å². The van der Waals surface area contributed by atoms with Crippen molar-refractivity contribution in [2.45, 2.75) is 85.1 Å². The van der Waals surface area contributed by atoms with Crippen LogP contribution < -0.4 is 11.1 Å². The quantitative estimate of drug-likeness (QED) is 0.435. The molecule has 1 aliphatic rings. The fraction of sp³-hybridized carbons (Fsp3) is 0.947. The number of rotatable bonds is 9. The SMILES string of the molecule is CCCC(F)CCC1C(C=N)C(C)C(C)CC1C(C)NC(C)N. The first-order chi connectivity index (χ1) is 10.8. The Balaban J connectivity index is 2.86. The van der Waals surface area contributed by atoms with Gasteiger partial charge in [0.05, 0.1) is 6.17 Å². The van der Waals surface area contributed by atoms with E-state index in [1.165, 1.54) is 0 Å². The highest BCUT2D eigenvalue weighted by Gasteiger charge is 2.42. The standard InChI is InChI=1S/C19H38FN3/c1-6-7-16(20)8-9-17-18(14(4)23-15(5)22)10-12(2)13(3)19(17)11-21/h11-19,21,23H,6-10,22H2,1-5H3. The first-order valence-electron chi connectivity index (χ1n) is 9.48. The lowest BCUT2D eigenvalue weighted by Gasteiger charge is -2.47. The highest BCUT2D eigenvalue weighted by atomic mass is 19.1. The van der Waals surface area contributed by atoms with Crippen LogP contribution in [-0.4, -0.2) is 24.6 Å². The van der Waals surface area contributed by atoms with Gasteiger partial charge in [0, 0.05) is 6.04 Å². The largest absolute Gasteiger partial charge is 0.316 e. The Bertz CT molecular complexity index is 348. The Morgan fingerprint density at radius 1 is 1.30 bits per heavy atom. The van der Waals surface area contributed by atoms with Gasteiger partial charge in [-0.05, 0) is 75.3 Å². The van der Waals surface area contributed by atoms with Crippen LogP contribution in [0.3, 0.4) is 0 Å². The van der Waals surface area contributed by atoms with Gasteiger partial charge in [0.25, 0.3) is 0 Å². The van der Waals surface area contributed by atoms with E-state index >= 15 is 0 Å². The van der Waals surface area contributed by atoms with Crippen LogP contribution in [0.5, 0.6) is 0 Å². The zero-order valence-electron chi connectivity index (χ0n) is 15.7. The number of nitrogens with two attached hydrogens (primary N) is 1. The van der Waals surface area contributed by atoms with Crippen molar-refractivity contribution in [3.8, 4) is 0 Å². The number of hydrogen-bond acceptors (Lipinski definition) is 3. The molecule has 0 bridgehead atoms. The first-order valence-corrected chi connectivity index (χ1v) is 9.48. The maximum atomic E-state index is 14.0. The lowest BCUT2D eigenvalue weighted by Crippen LogP contribution is -2.51. The van der Waals surface area contributed by atoms with E-state index in [4.69, 9.17) is 11.1 Å². The van der Waals surface area contributed by atoms with Crippen LogP contribution in [0.2, 0.25) is 0 Å². The van der Waals surface area contributed by atoms with Crippen LogP contribution in [-0.2, 0) is 0 Å². The molecule has 0 spiro atoms. The average Bonchev–Trinajstić information content (AvgIpc) is 2.47. The molecule has 3 nitrogen and oxygen atoms in total. The Morgan fingerprint density at radius 2 is 1.96 bits per heavy atom. The maximum absolute atomic E-state index is 14.0. The van der Waals surface area contributed by atoms with Crippen LogP contribution in [0.15, 0.2) is 0 Å². The summed E-state index contributed by atoms with van der Waals surface area (Å²) < 4.78 is 14.0. The highest BCUT2D eigenvalue weighted by Crippen LogP contribution is 2.45. The third-order valence-corrected chi connectivity index (χ3v) is 5.97. The number of alkyl halides is 1. The van der Waals surface area contributed by atoms with Crippen molar-refractivity contribution in [3.05, 3.63) is 0 Å². The van der Waals surface area contributed by atoms with Gasteiger partial charge in [-0.15, -0.1) is 0 Å². The third kappa shape index (κ3) is 5.82. The molecular weight excluding hydrogens is 289 g/mol. The van der Waals surface area contributed by atoms with Gasteiger partial charge in [-0.3, -0.25) is 5.32 Å². The Labute approximate surface area is 142 Å². The summed E-state index contributed by atoms with van der Waals surface area (Å²) in [6.45, 7) is 10.7. The maximum Gasteiger partial charge on any atom is 0.100 e. The van der Waals surface area contributed by atoms with Crippen molar-refractivity contribution < 1.29 is 4.39 Å². The van der Waals surface area contributed by atoms with E-state index in [9.17, 15) is 4.39 Å². The number of hydrogen-bond donors (Lipinski definition) is 3. The number of nitrogens with one attached hydrogen (secondary N) is 2. The summed E-state index contributed by atoms with van der Waals surface area (Å²) in [5.74, 6) is 2.20. The van der Waals surface area contributed by atoms with Gasteiger partial charge in [0.2, 0.25) is 0 Å². The molecule has 1 saturated carbocycles. The van der Waals surface area contributed by atoms with Gasteiger partial charge in [-0.2, -0.15) is 0 Å². The third-order valence-electron chi connectivity index (χ3n) is 5.97. The normalized spacial score (nSPS) is 35.5.